The number of benzene rings is 2. The summed E-state index contributed by atoms with van der Waals surface area (Å²) in [7, 11) is 0. The number of nitrogens with one attached hydrogen (secondary N) is 2. The molecule has 0 saturated carbocycles. The van der Waals surface area contributed by atoms with Gasteiger partial charge < -0.3 is 10.6 Å². The Hall–Kier alpha value is -2.99. The van der Waals surface area contributed by atoms with Gasteiger partial charge in [-0.1, -0.05) is 38.1 Å². The fourth-order valence-electron chi connectivity index (χ4n) is 2.75. The topological polar surface area (TPSA) is 71.1 Å². The van der Waals surface area contributed by atoms with Crippen molar-refractivity contribution in [2.45, 2.75) is 27.2 Å². The van der Waals surface area contributed by atoms with Gasteiger partial charge in [0.15, 0.2) is 0 Å². The number of aryl methyl sites for hydroxylation is 1. The van der Waals surface area contributed by atoms with E-state index in [0.717, 1.165) is 17.1 Å². The molecule has 0 aliphatic rings. The first-order valence-electron chi connectivity index (χ1n) is 9.16. The van der Waals surface area contributed by atoms with Crippen LogP contribution in [-0.4, -0.2) is 16.8 Å². The summed E-state index contributed by atoms with van der Waals surface area (Å²) in [6.45, 7) is 6.11. The highest BCUT2D eigenvalue weighted by molar-refractivity contribution is 7.13. The predicted molar refractivity (Wildman–Crippen MR) is 114 cm³/mol. The van der Waals surface area contributed by atoms with E-state index in [2.05, 4.69) is 29.5 Å². The number of carbonyl (C=O) groups is 2. The number of rotatable bonds is 6. The van der Waals surface area contributed by atoms with Gasteiger partial charge in [0.05, 0.1) is 10.7 Å². The van der Waals surface area contributed by atoms with E-state index in [-0.39, 0.29) is 11.8 Å². The Morgan fingerprint density at radius 2 is 1.61 bits per heavy atom. The summed E-state index contributed by atoms with van der Waals surface area (Å²) < 4.78 is 0. The van der Waals surface area contributed by atoms with Crippen molar-refractivity contribution in [3.8, 4) is 0 Å². The Labute approximate surface area is 168 Å². The smallest absolute Gasteiger partial charge is 0.267 e. The number of hydrogen-bond donors (Lipinski definition) is 2. The summed E-state index contributed by atoms with van der Waals surface area (Å²) in [5.74, 6) is 0.114. The van der Waals surface area contributed by atoms with E-state index in [9.17, 15) is 9.59 Å². The average molecular weight is 394 g/mol. The molecular formula is C22H23N3O2S. The molecule has 28 heavy (non-hydrogen) atoms. The van der Waals surface area contributed by atoms with Gasteiger partial charge >= 0.3 is 0 Å². The van der Waals surface area contributed by atoms with E-state index in [1.807, 2.05) is 25.1 Å². The zero-order valence-corrected chi connectivity index (χ0v) is 17.0. The van der Waals surface area contributed by atoms with Gasteiger partial charge in [-0.2, -0.15) is 0 Å². The molecule has 1 heterocycles. The van der Waals surface area contributed by atoms with Crippen molar-refractivity contribution in [3.63, 3.8) is 0 Å². The molecule has 5 nitrogen and oxygen atoms in total. The maximum Gasteiger partial charge on any atom is 0.267 e. The third kappa shape index (κ3) is 5.04. The molecule has 0 aliphatic heterocycles. The molecule has 0 spiro atoms. The summed E-state index contributed by atoms with van der Waals surface area (Å²) in [6.07, 6.45) is 0.861. The summed E-state index contributed by atoms with van der Waals surface area (Å²) in [5, 5.41) is 6.72. The lowest BCUT2D eigenvalue weighted by molar-refractivity contribution is 0.102. The van der Waals surface area contributed by atoms with Crippen molar-refractivity contribution in [3.05, 3.63) is 75.7 Å². The van der Waals surface area contributed by atoms with Gasteiger partial charge in [0.25, 0.3) is 11.8 Å². The number of hydrogen-bond acceptors (Lipinski definition) is 4. The van der Waals surface area contributed by atoms with Gasteiger partial charge in [0.2, 0.25) is 0 Å². The molecule has 3 aromatic rings. The van der Waals surface area contributed by atoms with Gasteiger partial charge in [-0.3, -0.25) is 9.59 Å². The lowest BCUT2D eigenvalue weighted by Crippen LogP contribution is -2.13. The van der Waals surface area contributed by atoms with Gasteiger partial charge in [0.1, 0.15) is 4.88 Å². The number of aromatic nitrogens is 1. The Balaban J connectivity index is 1.70. The second kappa shape index (κ2) is 8.80. The Morgan fingerprint density at radius 1 is 0.964 bits per heavy atom. The van der Waals surface area contributed by atoms with E-state index in [1.165, 1.54) is 11.3 Å². The molecule has 0 unspecified atom stereocenters. The summed E-state index contributed by atoms with van der Waals surface area (Å²) in [5.41, 5.74) is 2.56. The van der Waals surface area contributed by atoms with Crippen molar-refractivity contribution in [2.75, 3.05) is 10.6 Å². The first-order chi connectivity index (χ1) is 13.4. The zero-order chi connectivity index (χ0) is 20.1. The third-order valence-electron chi connectivity index (χ3n) is 4.04. The maximum atomic E-state index is 12.7. The van der Waals surface area contributed by atoms with Gasteiger partial charge in [-0.05, 0) is 43.2 Å². The van der Waals surface area contributed by atoms with Gasteiger partial charge in [-0.25, -0.2) is 4.98 Å². The average Bonchev–Trinajstić information content (AvgIpc) is 3.02. The van der Waals surface area contributed by atoms with Crippen molar-refractivity contribution in [1.82, 2.24) is 4.98 Å². The van der Waals surface area contributed by atoms with Crippen LogP contribution in [0.2, 0.25) is 0 Å². The van der Waals surface area contributed by atoms with E-state index >= 15 is 0 Å². The van der Waals surface area contributed by atoms with Crippen LogP contribution in [0.4, 0.5) is 11.4 Å². The summed E-state index contributed by atoms with van der Waals surface area (Å²) >= 11 is 1.43. The molecule has 0 fully saturated rings. The molecule has 2 aromatic carbocycles. The summed E-state index contributed by atoms with van der Waals surface area (Å²) in [4.78, 5) is 30.1. The van der Waals surface area contributed by atoms with Gasteiger partial charge in [0, 0.05) is 23.4 Å². The van der Waals surface area contributed by atoms with Crippen molar-refractivity contribution < 1.29 is 9.59 Å². The molecule has 6 heteroatoms. The Kier molecular flexibility index (Phi) is 6.21. The van der Waals surface area contributed by atoms with E-state index in [0.29, 0.717) is 27.7 Å². The standard InChI is InChI=1S/C22H23N3O2S/c1-14(2)12-19-23-15(3)20(28-19)22(27)25-18-11-7-10-17(13-18)24-21(26)16-8-5-4-6-9-16/h4-11,13-14H,12H2,1-3H3,(H,24,26)(H,25,27). The zero-order valence-electron chi connectivity index (χ0n) is 16.2. The minimum atomic E-state index is -0.194. The van der Waals surface area contributed by atoms with Crippen LogP contribution in [-0.2, 0) is 6.42 Å². The van der Waals surface area contributed by atoms with Crippen LogP contribution in [0.3, 0.4) is 0 Å². The number of thiazole rings is 1. The highest BCUT2D eigenvalue weighted by Gasteiger charge is 2.16. The van der Waals surface area contributed by atoms with Crippen LogP contribution in [0.25, 0.3) is 0 Å². The largest absolute Gasteiger partial charge is 0.322 e. The van der Waals surface area contributed by atoms with Crippen LogP contribution < -0.4 is 10.6 Å². The number of carbonyl (C=O) groups excluding carboxylic acids is 2. The monoisotopic (exact) mass is 393 g/mol. The third-order valence-corrected chi connectivity index (χ3v) is 5.22. The number of amides is 2. The van der Waals surface area contributed by atoms with Crippen molar-refractivity contribution >= 4 is 34.5 Å². The van der Waals surface area contributed by atoms with E-state index in [1.54, 1.807) is 36.4 Å². The Bertz CT molecular complexity index is 980. The van der Waals surface area contributed by atoms with Crippen LogP contribution in [0.15, 0.2) is 54.6 Å². The molecule has 2 N–H and O–H groups in total. The molecule has 1 aromatic heterocycles. The molecule has 0 saturated heterocycles. The quantitative estimate of drug-likeness (QED) is 0.608. The fourth-order valence-corrected chi connectivity index (χ4v) is 3.93. The lowest BCUT2D eigenvalue weighted by atomic mass is 10.1. The molecule has 2 amide bonds. The minimum Gasteiger partial charge on any atom is -0.322 e. The maximum absolute atomic E-state index is 12.7. The van der Waals surface area contributed by atoms with Gasteiger partial charge in [-0.15, -0.1) is 11.3 Å². The number of nitrogens with zero attached hydrogens (tertiary/aromatic N) is 1. The summed E-state index contributed by atoms with van der Waals surface area (Å²) in [6, 6.07) is 16.1. The van der Waals surface area contributed by atoms with Crippen LogP contribution >= 0.6 is 11.3 Å². The molecule has 0 bridgehead atoms. The molecule has 3 rings (SSSR count). The normalized spacial score (nSPS) is 10.7. The predicted octanol–water partition coefficient (Wildman–Crippen LogP) is 5.15. The molecule has 0 aliphatic carbocycles. The lowest BCUT2D eigenvalue weighted by Gasteiger charge is -2.08. The van der Waals surface area contributed by atoms with Crippen molar-refractivity contribution in [1.29, 1.82) is 0 Å². The minimum absolute atomic E-state index is 0.184. The molecule has 0 atom stereocenters. The van der Waals surface area contributed by atoms with Crippen LogP contribution in [0.1, 0.15) is 44.6 Å². The second-order valence-corrected chi connectivity index (χ2v) is 8.06. The van der Waals surface area contributed by atoms with Crippen LogP contribution in [0.5, 0.6) is 0 Å². The first kappa shape index (κ1) is 19.8. The molecule has 144 valence electrons. The van der Waals surface area contributed by atoms with E-state index < -0.39 is 0 Å². The molecule has 0 radical (unpaired) electrons. The highest BCUT2D eigenvalue weighted by atomic mass is 32.1. The second-order valence-electron chi connectivity index (χ2n) is 6.98. The fraction of sp³-hybridized carbons (Fsp3) is 0.227. The van der Waals surface area contributed by atoms with E-state index in [4.69, 9.17) is 0 Å². The SMILES string of the molecule is Cc1nc(CC(C)C)sc1C(=O)Nc1cccc(NC(=O)c2ccccc2)c1. The highest BCUT2D eigenvalue weighted by Crippen LogP contribution is 2.23. The van der Waals surface area contributed by atoms with Crippen LogP contribution in [0, 0.1) is 12.8 Å². The number of anilines is 2. The first-order valence-corrected chi connectivity index (χ1v) is 9.98. The Morgan fingerprint density at radius 3 is 2.25 bits per heavy atom. The van der Waals surface area contributed by atoms with Crippen molar-refractivity contribution in [2.24, 2.45) is 5.92 Å². The molecular weight excluding hydrogens is 370 g/mol.